The fourth-order valence-corrected chi connectivity index (χ4v) is 3.98. The first-order chi connectivity index (χ1) is 13.5. The summed E-state index contributed by atoms with van der Waals surface area (Å²) in [5, 5.41) is 5.56. The number of nitrogens with zero attached hydrogens (tertiary/aromatic N) is 2. The van der Waals surface area contributed by atoms with Crippen LogP contribution in [-0.4, -0.2) is 22.9 Å². The SMILES string of the molecule is COc1cc(Cl)ccc1OC(=O)c1cc2c(-c3ccccc3F)nn(C)c2s1. The molecule has 0 atom stereocenters. The number of thiophene rings is 1. The Hall–Kier alpha value is -2.90. The minimum Gasteiger partial charge on any atom is -0.493 e. The number of esters is 1. The van der Waals surface area contributed by atoms with E-state index in [-0.39, 0.29) is 11.6 Å². The summed E-state index contributed by atoms with van der Waals surface area (Å²) in [5.41, 5.74) is 0.861. The van der Waals surface area contributed by atoms with E-state index < -0.39 is 5.97 Å². The molecule has 8 heteroatoms. The normalized spacial score (nSPS) is 11.0. The summed E-state index contributed by atoms with van der Waals surface area (Å²) in [7, 11) is 3.22. The molecular weight excluding hydrogens is 403 g/mol. The van der Waals surface area contributed by atoms with Crippen molar-refractivity contribution in [1.29, 1.82) is 0 Å². The Balaban J connectivity index is 1.72. The van der Waals surface area contributed by atoms with Crippen LogP contribution >= 0.6 is 22.9 Å². The Kier molecular flexibility index (Phi) is 4.78. The lowest BCUT2D eigenvalue weighted by Gasteiger charge is -2.08. The highest BCUT2D eigenvalue weighted by molar-refractivity contribution is 7.20. The van der Waals surface area contributed by atoms with Gasteiger partial charge in [0.2, 0.25) is 0 Å². The first-order valence-electron chi connectivity index (χ1n) is 8.25. The molecule has 0 saturated carbocycles. The maximum atomic E-state index is 14.2. The molecule has 2 aromatic carbocycles. The number of benzene rings is 2. The smallest absolute Gasteiger partial charge is 0.353 e. The van der Waals surface area contributed by atoms with E-state index >= 15 is 0 Å². The van der Waals surface area contributed by atoms with Crippen LogP contribution in [-0.2, 0) is 7.05 Å². The maximum absolute atomic E-state index is 14.2. The van der Waals surface area contributed by atoms with Gasteiger partial charge in [0.25, 0.3) is 0 Å². The lowest BCUT2D eigenvalue weighted by atomic mass is 10.1. The van der Waals surface area contributed by atoms with Crippen LogP contribution < -0.4 is 9.47 Å². The Bertz CT molecular complexity index is 1200. The lowest BCUT2D eigenvalue weighted by molar-refractivity contribution is 0.0735. The van der Waals surface area contributed by atoms with E-state index in [1.807, 2.05) is 0 Å². The number of aromatic nitrogens is 2. The average Bonchev–Trinajstić information content (AvgIpc) is 3.24. The number of halogens is 2. The van der Waals surface area contributed by atoms with Gasteiger partial charge in [-0.3, -0.25) is 4.68 Å². The summed E-state index contributed by atoms with van der Waals surface area (Å²) in [6.07, 6.45) is 0. The van der Waals surface area contributed by atoms with Crippen molar-refractivity contribution in [2.45, 2.75) is 0 Å². The van der Waals surface area contributed by atoms with Gasteiger partial charge in [0, 0.05) is 29.1 Å². The van der Waals surface area contributed by atoms with Gasteiger partial charge < -0.3 is 9.47 Å². The molecule has 0 aliphatic heterocycles. The summed E-state index contributed by atoms with van der Waals surface area (Å²) < 4.78 is 26.5. The zero-order valence-electron chi connectivity index (χ0n) is 14.9. The van der Waals surface area contributed by atoms with Crippen LogP contribution in [0.4, 0.5) is 4.39 Å². The molecular formula is C20H14ClFN2O3S. The molecule has 5 nitrogen and oxygen atoms in total. The van der Waals surface area contributed by atoms with E-state index in [2.05, 4.69) is 5.10 Å². The minimum absolute atomic E-state index is 0.266. The van der Waals surface area contributed by atoms with Crippen molar-refractivity contribution in [2.24, 2.45) is 7.05 Å². The second-order valence-electron chi connectivity index (χ2n) is 5.97. The highest BCUT2D eigenvalue weighted by atomic mass is 35.5. The van der Waals surface area contributed by atoms with E-state index in [0.717, 1.165) is 4.83 Å². The summed E-state index contributed by atoms with van der Waals surface area (Å²) in [6.45, 7) is 0. The van der Waals surface area contributed by atoms with Gasteiger partial charge >= 0.3 is 5.97 Å². The zero-order chi connectivity index (χ0) is 19.8. The molecule has 4 aromatic rings. The standard InChI is InChI=1S/C20H14ClFN2O3S/c1-24-19-13(18(23-24)12-5-3-4-6-14(12)22)10-17(28-19)20(25)27-15-8-7-11(21)9-16(15)26-2/h3-10H,1-2H3. The molecule has 0 spiro atoms. The number of carbonyl (C=O) groups excluding carboxylic acids is 1. The number of hydrogen-bond acceptors (Lipinski definition) is 5. The van der Waals surface area contributed by atoms with Gasteiger partial charge in [-0.25, -0.2) is 9.18 Å². The zero-order valence-corrected chi connectivity index (χ0v) is 16.5. The molecule has 0 unspecified atom stereocenters. The van der Waals surface area contributed by atoms with Crippen molar-refractivity contribution in [2.75, 3.05) is 7.11 Å². The van der Waals surface area contributed by atoms with Crippen molar-refractivity contribution in [3.63, 3.8) is 0 Å². The molecule has 4 rings (SSSR count). The van der Waals surface area contributed by atoms with E-state index in [1.54, 1.807) is 54.2 Å². The van der Waals surface area contributed by atoms with E-state index in [0.29, 0.717) is 32.3 Å². The van der Waals surface area contributed by atoms with Gasteiger partial charge in [0.15, 0.2) is 11.5 Å². The molecule has 2 aromatic heterocycles. The Labute approximate surface area is 168 Å². The van der Waals surface area contributed by atoms with Crippen LogP contribution in [0.15, 0.2) is 48.5 Å². The van der Waals surface area contributed by atoms with E-state index in [4.69, 9.17) is 21.1 Å². The number of fused-ring (bicyclic) bond motifs is 1. The van der Waals surface area contributed by atoms with Gasteiger partial charge in [-0.05, 0) is 30.3 Å². The van der Waals surface area contributed by atoms with Gasteiger partial charge in [-0.2, -0.15) is 5.10 Å². The van der Waals surface area contributed by atoms with Gasteiger partial charge in [-0.1, -0.05) is 23.7 Å². The molecule has 0 saturated heterocycles. The molecule has 0 bridgehead atoms. The van der Waals surface area contributed by atoms with E-state index in [9.17, 15) is 9.18 Å². The van der Waals surface area contributed by atoms with Crippen LogP contribution in [0.25, 0.3) is 21.5 Å². The lowest BCUT2D eigenvalue weighted by Crippen LogP contribution is -2.07. The van der Waals surface area contributed by atoms with Crippen molar-refractivity contribution in [3.05, 3.63) is 64.2 Å². The third kappa shape index (κ3) is 3.23. The molecule has 0 aliphatic rings. The largest absolute Gasteiger partial charge is 0.493 e. The molecule has 0 N–H and O–H groups in total. The fourth-order valence-electron chi connectivity index (χ4n) is 2.87. The number of ether oxygens (including phenoxy) is 2. The highest BCUT2D eigenvalue weighted by Gasteiger charge is 2.21. The van der Waals surface area contributed by atoms with Gasteiger partial charge in [0.05, 0.1) is 7.11 Å². The average molecular weight is 417 g/mol. The number of aryl methyl sites for hydroxylation is 1. The summed E-state index contributed by atoms with van der Waals surface area (Å²) in [6, 6.07) is 12.8. The number of rotatable bonds is 4. The third-order valence-corrected chi connectivity index (χ3v) is 5.59. The Morgan fingerprint density at radius 1 is 1.18 bits per heavy atom. The monoisotopic (exact) mass is 416 g/mol. The van der Waals surface area contributed by atoms with Crippen molar-refractivity contribution in [3.8, 4) is 22.8 Å². The number of hydrogen-bond donors (Lipinski definition) is 0. The van der Waals surface area contributed by atoms with Crippen molar-refractivity contribution >= 4 is 39.1 Å². The van der Waals surface area contributed by atoms with Crippen molar-refractivity contribution < 1.29 is 18.7 Å². The summed E-state index contributed by atoms with van der Waals surface area (Å²) in [5.74, 6) is -0.289. The summed E-state index contributed by atoms with van der Waals surface area (Å²) in [4.78, 5) is 13.8. The molecule has 2 heterocycles. The number of carbonyl (C=O) groups is 1. The highest BCUT2D eigenvalue weighted by Crippen LogP contribution is 2.36. The minimum atomic E-state index is -0.540. The van der Waals surface area contributed by atoms with Gasteiger partial charge in [0.1, 0.15) is 21.2 Å². The summed E-state index contributed by atoms with van der Waals surface area (Å²) >= 11 is 7.16. The van der Waals surface area contributed by atoms with Crippen LogP contribution in [0.2, 0.25) is 5.02 Å². The molecule has 142 valence electrons. The second kappa shape index (κ2) is 7.26. The Morgan fingerprint density at radius 2 is 1.96 bits per heavy atom. The predicted octanol–water partition coefficient (Wildman–Crippen LogP) is 5.32. The first kappa shape index (κ1) is 18.5. The Morgan fingerprint density at radius 3 is 2.71 bits per heavy atom. The number of methoxy groups -OCH3 is 1. The topological polar surface area (TPSA) is 53.4 Å². The molecule has 28 heavy (non-hydrogen) atoms. The van der Waals surface area contributed by atoms with Crippen molar-refractivity contribution in [1.82, 2.24) is 9.78 Å². The third-order valence-electron chi connectivity index (χ3n) is 4.17. The molecule has 0 fully saturated rings. The molecule has 0 aliphatic carbocycles. The van der Waals surface area contributed by atoms with Crippen LogP contribution in [0, 0.1) is 5.82 Å². The van der Waals surface area contributed by atoms with E-state index in [1.165, 1.54) is 24.5 Å². The second-order valence-corrected chi connectivity index (χ2v) is 7.43. The fraction of sp³-hybridized carbons (Fsp3) is 0.100. The molecule has 0 amide bonds. The quantitative estimate of drug-likeness (QED) is 0.333. The molecule has 0 radical (unpaired) electrons. The maximum Gasteiger partial charge on any atom is 0.353 e. The van der Waals surface area contributed by atoms with Crippen LogP contribution in [0.1, 0.15) is 9.67 Å². The van der Waals surface area contributed by atoms with Gasteiger partial charge in [-0.15, -0.1) is 11.3 Å². The predicted molar refractivity (Wildman–Crippen MR) is 107 cm³/mol. The first-order valence-corrected chi connectivity index (χ1v) is 9.44. The van der Waals surface area contributed by atoms with Crippen LogP contribution in [0.5, 0.6) is 11.5 Å². The van der Waals surface area contributed by atoms with Crippen LogP contribution in [0.3, 0.4) is 0 Å².